The first-order valence-corrected chi connectivity index (χ1v) is 0. The Labute approximate surface area is 90.2 Å². The average Bonchev–Trinajstić information content (AvgIpc) is 0. The van der Waals surface area contributed by atoms with E-state index >= 15 is 0 Å². The predicted octanol–water partition coefficient (Wildman–Crippen LogP) is -8.30. The Balaban J connectivity index is 0. The first-order chi connectivity index (χ1) is 0. The Morgan fingerprint density at radius 1 is 0.200 bits per heavy atom. The van der Waals surface area contributed by atoms with Gasteiger partial charge in [-0.05, 0) is 0 Å². The number of hydrogen-bond donors (Lipinski definition) is 0. The summed E-state index contributed by atoms with van der Waals surface area (Å²) in [6, 6.07) is 0. The van der Waals surface area contributed by atoms with Gasteiger partial charge in [0.25, 0.3) is 0 Å². The fraction of sp³-hybridized carbons (Fsp3) is 0. The molecular weight excluding hydrogens is 285 g/mol. The van der Waals surface area contributed by atoms with Gasteiger partial charge in [0.05, 0.1) is 0 Å². The summed E-state index contributed by atoms with van der Waals surface area (Å²) in [7, 11) is 0. The van der Waals surface area contributed by atoms with Gasteiger partial charge in [-0.3, -0.25) is 0 Å². The molecule has 10 heteroatoms. The van der Waals surface area contributed by atoms with Crippen LogP contribution in [0, 0.1) is 41.3 Å². The molecule has 72 valence electrons. The SMILES string of the molecule is [OH3+].[OH3+].[OH3+].[OH3+].[OH3+].[OH3+].[OH3+].[OH3+].[OH3+].[Pr+3]. The summed E-state index contributed by atoms with van der Waals surface area (Å²) in [6.07, 6.45) is 0. The summed E-state index contributed by atoms with van der Waals surface area (Å²) in [5.41, 5.74) is 0. The van der Waals surface area contributed by atoms with E-state index in [1.165, 1.54) is 0 Å². The van der Waals surface area contributed by atoms with Crippen LogP contribution in [0.1, 0.15) is 0 Å². The summed E-state index contributed by atoms with van der Waals surface area (Å²) in [5.74, 6) is 0. The van der Waals surface area contributed by atoms with Crippen LogP contribution in [0.15, 0.2) is 0 Å². The maximum Gasteiger partial charge on any atom is 3.00 e. The number of hydrogen-bond acceptors (Lipinski definition) is 0. The summed E-state index contributed by atoms with van der Waals surface area (Å²) < 4.78 is 0. The molecule has 0 aliphatic rings. The molecule has 0 bridgehead atoms. The smallest absolute Gasteiger partial charge is 0.457 e. The van der Waals surface area contributed by atoms with E-state index in [0.29, 0.717) is 0 Å². The van der Waals surface area contributed by atoms with Crippen molar-refractivity contribution in [3.63, 3.8) is 0 Å². The monoisotopic (exact) mass is 312 g/mol. The zero-order valence-electron chi connectivity index (χ0n) is 5.77. The van der Waals surface area contributed by atoms with Crippen LogP contribution >= 0.6 is 0 Å². The molecule has 9 nitrogen and oxygen atoms in total. The van der Waals surface area contributed by atoms with Crippen molar-refractivity contribution >= 4 is 0 Å². The van der Waals surface area contributed by atoms with Crippen LogP contribution < -0.4 is 0 Å². The van der Waals surface area contributed by atoms with Crippen molar-refractivity contribution in [2.75, 3.05) is 0 Å². The third-order valence-corrected chi connectivity index (χ3v) is 0. The molecule has 0 rings (SSSR count). The molecule has 0 saturated heterocycles. The van der Waals surface area contributed by atoms with Crippen molar-refractivity contribution in [2.45, 2.75) is 0 Å². The molecule has 0 aliphatic heterocycles. The van der Waals surface area contributed by atoms with E-state index in [9.17, 15) is 0 Å². The average molecular weight is 312 g/mol. The van der Waals surface area contributed by atoms with E-state index in [2.05, 4.69) is 0 Å². The van der Waals surface area contributed by atoms with Gasteiger partial charge < -0.3 is 49.3 Å². The van der Waals surface area contributed by atoms with E-state index in [4.69, 9.17) is 0 Å². The fourth-order valence-electron chi connectivity index (χ4n) is 0. The molecule has 0 heterocycles. The van der Waals surface area contributed by atoms with Crippen molar-refractivity contribution in [3.05, 3.63) is 0 Å². The molecule has 0 radical (unpaired) electrons. The molecule has 0 aromatic heterocycles. The van der Waals surface area contributed by atoms with Gasteiger partial charge in [0.2, 0.25) is 0 Å². The Morgan fingerprint density at radius 3 is 0.200 bits per heavy atom. The van der Waals surface area contributed by atoms with E-state index in [0.717, 1.165) is 0 Å². The zero-order valence-corrected chi connectivity index (χ0v) is 9.48. The largest absolute Gasteiger partial charge is 3.00 e. The van der Waals surface area contributed by atoms with E-state index in [1.54, 1.807) is 0 Å². The molecule has 0 aromatic carbocycles. The second-order valence-electron chi connectivity index (χ2n) is 0. The van der Waals surface area contributed by atoms with Gasteiger partial charge in [-0.25, -0.2) is 0 Å². The second-order valence-corrected chi connectivity index (χ2v) is 0. The maximum atomic E-state index is 0. The van der Waals surface area contributed by atoms with Gasteiger partial charge in [0.15, 0.2) is 0 Å². The quantitative estimate of drug-likeness (QED) is 0.376. The molecule has 0 amide bonds. The van der Waals surface area contributed by atoms with E-state index in [-0.39, 0.29) is 90.6 Å². The van der Waals surface area contributed by atoms with Crippen LogP contribution in [0.2, 0.25) is 0 Å². The molecule has 0 fully saturated rings. The summed E-state index contributed by atoms with van der Waals surface area (Å²) in [5, 5.41) is 0. The maximum absolute atomic E-state index is 0. The molecular formula is H27O9Pr+12. The van der Waals surface area contributed by atoms with E-state index in [1.807, 2.05) is 0 Å². The van der Waals surface area contributed by atoms with Crippen LogP contribution in [0.5, 0.6) is 0 Å². The normalized spacial score (nSPS) is 0. The van der Waals surface area contributed by atoms with Gasteiger partial charge in [0, 0.05) is 0 Å². The minimum Gasteiger partial charge on any atom is -0.457 e. The minimum atomic E-state index is 0. The van der Waals surface area contributed by atoms with Crippen LogP contribution in [0.4, 0.5) is 0 Å². The first kappa shape index (κ1) is 1090. The molecule has 0 saturated carbocycles. The van der Waals surface area contributed by atoms with Crippen LogP contribution in [0.3, 0.4) is 0 Å². The standard InChI is InChI=1S/9H2O.Pr/h9*1H2;/q;;;;;;;;;+3/p+9. The molecule has 0 atom stereocenters. The summed E-state index contributed by atoms with van der Waals surface area (Å²) in [4.78, 5) is 0. The van der Waals surface area contributed by atoms with Crippen molar-refractivity contribution < 1.29 is 90.6 Å². The van der Waals surface area contributed by atoms with Gasteiger partial charge in [-0.1, -0.05) is 0 Å². The molecule has 10 heavy (non-hydrogen) atoms. The number of rotatable bonds is 0. The fourth-order valence-corrected chi connectivity index (χ4v) is 0. The second kappa shape index (κ2) is 805. The van der Waals surface area contributed by atoms with Gasteiger partial charge in [-0.15, -0.1) is 0 Å². The van der Waals surface area contributed by atoms with Crippen LogP contribution in [-0.4, -0.2) is 0 Å². The topological polar surface area (TPSA) is 297 Å². The first-order valence-electron chi connectivity index (χ1n) is 0. The van der Waals surface area contributed by atoms with Crippen molar-refractivity contribution in [1.82, 2.24) is 0 Å². The Hall–Kier alpha value is 1.00. The molecule has 0 unspecified atom stereocenters. The van der Waals surface area contributed by atoms with E-state index < -0.39 is 0 Å². The van der Waals surface area contributed by atoms with Gasteiger partial charge >= 0.3 is 41.3 Å². The molecule has 27 N–H and O–H groups in total. The Bertz CT molecular complexity index is 4.69. The van der Waals surface area contributed by atoms with Crippen LogP contribution in [0.25, 0.3) is 0 Å². The van der Waals surface area contributed by atoms with Crippen molar-refractivity contribution in [2.24, 2.45) is 0 Å². The van der Waals surface area contributed by atoms with Crippen molar-refractivity contribution in [3.8, 4) is 0 Å². The third-order valence-electron chi connectivity index (χ3n) is 0. The molecule has 0 spiro atoms. The van der Waals surface area contributed by atoms with Crippen LogP contribution in [-0.2, 0) is 49.3 Å². The predicted molar refractivity (Wildman–Crippen MR) is 43.8 cm³/mol. The van der Waals surface area contributed by atoms with Gasteiger partial charge in [0.1, 0.15) is 0 Å². The third kappa shape index (κ3) is 573. The molecule has 0 aromatic rings. The summed E-state index contributed by atoms with van der Waals surface area (Å²) in [6.45, 7) is 0. The van der Waals surface area contributed by atoms with Crippen molar-refractivity contribution in [1.29, 1.82) is 0 Å². The van der Waals surface area contributed by atoms with Gasteiger partial charge in [-0.2, -0.15) is 0 Å². The zero-order chi connectivity index (χ0) is 0. The minimum absolute atomic E-state index is 0. The summed E-state index contributed by atoms with van der Waals surface area (Å²) >= 11 is 0. The Morgan fingerprint density at radius 2 is 0.200 bits per heavy atom. The molecule has 0 aliphatic carbocycles. The Kier molecular flexibility index (Phi) is 88000.